The van der Waals surface area contributed by atoms with Crippen molar-refractivity contribution < 1.29 is 4.79 Å². The first-order valence-corrected chi connectivity index (χ1v) is 8.53. The van der Waals surface area contributed by atoms with E-state index in [1.807, 2.05) is 18.7 Å². The molecule has 0 unspecified atom stereocenters. The molecule has 0 aromatic rings. The van der Waals surface area contributed by atoms with Crippen LogP contribution in [0.3, 0.4) is 0 Å². The molecule has 1 fully saturated rings. The van der Waals surface area contributed by atoms with Crippen LogP contribution in [0.2, 0.25) is 0 Å². The third kappa shape index (κ3) is 6.82. The minimum absolute atomic E-state index is 0.192. The first-order valence-electron chi connectivity index (χ1n) is 8.53. The summed E-state index contributed by atoms with van der Waals surface area (Å²) in [4.78, 5) is 18.4. The van der Waals surface area contributed by atoms with Crippen LogP contribution >= 0.6 is 0 Å². The van der Waals surface area contributed by atoms with Crippen LogP contribution in [-0.2, 0) is 4.79 Å². The molecule has 5 nitrogen and oxygen atoms in total. The molecule has 0 atom stereocenters. The molecule has 0 aromatic carbocycles. The minimum Gasteiger partial charge on any atom is -0.357 e. The summed E-state index contributed by atoms with van der Waals surface area (Å²) >= 11 is 0. The molecule has 0 aromatic heterocycles. The van der Waals surface area contributed by atoms with Crippen molar-refractivity contribution in [2.24, 2.45) is 4.99 Å². The Morgan fingerprint density at radius 3 is 2.38 bits per heavy atom. The van der Waals surface area contributed by atoms with Gasteiger partial charge in [0.25, 0.3) is 0 Å². The maximum atomic E-state index is 12.0. The van der Waals surface area contributed by atoms with Gasteiger partial charge in [0.1, 0.15) is 0 Å². The second kappa shape index (κ2) is 10.5. The first kappa shape index (κ1) is 17.8. The number of hydrogen-bond donors (Lipinski definition) is 2. The predicted octanol–water partition coefficient (Wildman–Crippen LogP) is 2.13. The summed E-state index contributed by atoms with van der Waals surface area (Å²) in [6, 6.07) is 0.537. The SMILES string of the molecule is CCNC(=NCCC(=O)N(CC)CC)NC1CCCCC1. The van der Waals surface area contributed by atoms with Gasteiger partial charge in [-0.1, -0.05) is 19.3 Å². The lowest BCUT2D eigenvalue weighted by Crippen LogP contribution is -2.44. The van der Waals surface area contributed by atoms with Crippen molar-refractivity contribution in [1.82, 2.24) is 15.5 Å². The van der Waals surface area contributed by atoms with Gasteiger partial charge in [0.05, 0.1) is 6.54 Å². The molecule has 0 radical (unpaired) electrons. The van der Waals surface area contributed by atoms with Crippen molar-refractivity contribution in [1.29, 1.82) is 0 Å². The molecule has 0 heterocycles. The number of hydrogen-bond acceptors (Lipinski definition) is 2. The van der Waals surface area contributed by atoms with Gasteiger partial charge >= 0.3 is 0 Å². The number of amides is 1. The molecule has 1 saturated carbocycles. The molecular formula is C16H32N4O. The molecule has 0 aliphatic heterocycles. The van der Waals surface area contributed by atoms with Crippen LogP contribution in [-0.4, -0.2) is 49.0 Å². The van der Waals surface area contributed by atoms with Crippen molar-refractivity contribution >= 4 is 11.9 Å². The summed E-state index contributed by atoms with van der Waals surface area (Å²) < 4.78 is 0. The summed E-state index contributed by atoms with van der Waals surface area (Å²) in [6.07, 6.45) is 6.90. The van der Waals surface area contributed by atoms with Crippen molar-refractivity contribution in [2.75, 3.05) is 26.2 Å². The molecule has 1 rings (SSSR count). The van der Waals surface area contributed by atoms with Crippen LogP contribution < -0.4 is 10.6 Å². The van der Waals surface area contributed by atoms with Crippen LogP contribution in [0.1, 0.15) is 59.3 Å². The molecule has 0 spiro atoms. The Morgan fingerprint density at radius 2 is 1.81 bits per heavy atom. The van der Waals surface area contributed by atoms with E-state index in [9.17, 15) is 4.79 Å². The molecule has 1 aliphatic carbocycles. The second-order valence-electron chi connectivity index (χ2n) is 5.56. The highest BCUT2D eigenvalue weighted by Gasteiger charge is 2.14. The molecule has 122 valence electrons. The summed E-state index contributed by atoms with van der Waals surface area (Å²) in [5.74, 6) is 1.05. The van der Waals surface area contributed by atoms with E-state index in [0.29, 0.717) is 19.0 Å². The average Bonchev–Trinajstić information content (AvgIpc) is 2.49. The molecule has 0 bridgehead atoms. The van der Waals surface area contributed by atoms with Crippen LogP contribution in [0.5, 0.6) is 0 Å². The lowest BCUT2D eigenvalue weighted by atomic mass is 9.96. The number of aliphatic imine (C=N–C) groups is 1. The summed E-state index contributed by atoms with van der Waals surface area (Å²) in [5, 5.41) is 6.78. The van der Waals surface area contributed by atoms with E-state index in [0.717, 1.165) is 25.6 Å². The van der Waals surface area contributed by atoms with Gasteiger partial charge in [0, 0.05) is 32.1 Å². The number of carbonyl (C=O) groups excluding carboxylic acids is 1. The van der Waals surface area contributed by atoms with Crippen molar-refractivity contribution in [3.8, 4) is 0 Å². The van der Waals surface area contributed by atoms with Gasteiger partial charge in [-0.25, -0.2) is 0 Å². The second-order valence-corrected chi connectivity index (χ2v) is 5.56. The number of nitrogens with one attached hydrogen (secondary N) is 2. The Hall–Kier alpha value is -1.26. The number of carbonyl (C=O) groups is 1. The smallest absolute Gasteiger partial charge is 0.224 e. The van der Waals surface area contributed by atoms with E-state index in [1.54, 1.807) is 0 Å². The normalized spacial score (nSPS) is 16.6. The van der Waals surface area contributed by atoms with E-state index in [1.165, 1.54) is 32.1 Å². The van der Waals surface area contributed by atoms with E-state index in [4.69, 9.17) is 0 Å². The van der Waals surface area contributed by atoms with Gasteiger partial charge < -0.3 is 15.5 Å². The highest BCUT2D eigenvalue weighted by Crippen LogP contribution is 2.17. The third-order valence-corrected chi connectivity index (χ3v) is 4.00. The number of nitrogens with zero attached hydrogens (tertiary/aromatic N) is 2. The lowest BCUT2D eigenvalue weighted by Gasteiger charge is -2.25. The predicted molar refractivity (Wildman–Crippen MR) is 88.5 cm³/mol. The number of guanidine groups is 1. The van der Waals surface area contributed by atoms with E-state index in [-0.39, 0.29) is 5.91 Å². The maximum absolute atomic E-state index is 12.0. The highest BCUT2D eigenvalue weighted by atomic mass is 16.2. The topological polar surface area (TPSA) is 56.7 Å². The first-order chi connectivity index (χ1) is 10.2. The Labute approximate surface area is 129 Å². The van der Waals surface area contributed by atoms with E-state index < -0.39 is 0 Å². The Kier molecular flexibility index (Phi) is 8.87. The number of rotatable bonds is 7. The summed E-state index contributed by atoms with van der Waals surface area (Å²) in [7, 11) is 0. The zero-order valence-electron chi connectivity index (χ0n) is 14.0. The van der Waals surface area contributed by atoms with Crippen LogP contribution in [0.25, 0.3) is 0 Å². The third-order valence-electron chi connectivity index (χ3n) is 4.00. The quantitative estimate of drug-likeness (QED) is 0.559. The van der Waals surface area contributed by atoms with Gasteiger partial charge in [-0.05, 0) is 33.6 Å². The molecule has 2 N–H and O–H groups in total. The highest BCUT2D eigenvalue weighted by molar-refractivity contribution is 5.81. The van der Waals surface area contributed by atoms with Crippen molar-refractivity contribution in [3.63, 3.8) is 0 Å². The largest absolute Gasteiger partial charge is 0.357 e. The molecular weight excluding hydrogens is 264 g/mol. The van der Waals surface area contributed by atoms with Crippen molar-refractivity contribution in [3.05, 3.63) is 0 Å². The molecule has 21 heavy (non-hydrogen) atoms. The maximum Gasteiger partial charge on any atom is 0.224 e. The fraction of sp³-hybridized carbons (Fsp3) is 0.875. The van der Waals surface area contributed by atoms with E-state index >= 15 is 0 Å². The molecule has 0 saturated heterocycles. The minimum atomic E-state index is 0.192. The van der Waals surface area contributed by atoms with Crippen LogP contribution in [0.4, 0.5) is 0 Å². The molecule has 1 amide bonds. The van der Waals surface area contributed by atoms with Crippen LogP contribution in [0, 0.1) is 0 Å². The van der Waals surface area contributed by atoms with Gasteiger partial charge in [-0.2, -0.15) is 0 Å². The van der Waals surface area contributed by atoms with Gasteiger partial charge in [0.2, 0.25) is 5.91 Å². The monoisotopic (exact) mass is 296 g/mol. The van der Waals surface area contributed by atoms with Crippen molar-refractivity contribution in [2.45, 2.75) is 65.3 Å². The molecule has 1 aliphatic rings. The summed E-state index contributed by atoms with van der Waals surface area (Å²) in [6.45, 7) is 9.05. The van der Waals surface area contributed by atoms with Crippen LogP contribution in [0.15, 0.2) is 4.99 Å². The Balaban J connectivity index is 2.41. The standard InChI is InChI=1S/C16H32N4O/c1-4-17-16(19-14-10-8-7-9-11-14)18-13-12-15(21)20(5-2)6-3/h14H,4-13H2,1-3H3,(H2,17,18,19). The Morgan fingerprint density at radius 1 is 1.14 bits per heavy atom. The Bertz CT molecular complexity index is 320. The van der Waals surface area contributed by atoms with Gasteiger partial charge in [-0.3, -0.25) is 9.79 Å². The summed E-state index contributed by atoms with van der Waals surface area (Å²) in [5.41, 5.74) is 0. The lowest BCUT2D eigenvalue weighted by molar-refractivity contribution is -0.130. The van der Waals surface area contributed by atoms with E-state index in [2.05, 4.69) is 22.5 Å². The fourth-order valence-electron chi connectivity index (χ4n) is 2.76. The van der Waals surface area contributed by atoms with Gasteiger partial charge in [-0.15, -0.1) is 0 Å². The van der Waals surface area contributed by atoms with Gasteiger partial charge in [0.15, 0.2) is 5.96 Å². The zero-order valence-corrected chi connectivity index (χ0v) is 14.0. The molecule has 5 heteroatoms. The fourth-order valence-corrected chi connectivity index (χ4v) is 2.76. The zero-order chi connectivity index (χ0) is 15.5. The average molecular weight is 296 g/mol.